The number of fused-ring (bicyclic) bond motifs is 5. The standard InChI is InChI=1S/C50H33N5/c1-5-15-35(16-6-1)48-52-49(36-17-7-2-8-18-36)54-50(53-48)38-28-31-42-37(33-38)27-32-44-46(42)43-23-13-14-24-45(43)51-47(44)34-25-29-41(30-26-34)55(39-19-9-3-10-20-39)40-21-11-4-12-22-40/h1-33H. The molecule has 0 aliphatic carbocycles. The van der Waals surface area contributed by atoms with E-state index in [2.05, 4.69) is 132 Å². The van der Waals surface area contributed by atoms with Gasteiger partial charge in [-0.25, -0.2) is 19.9 Å². The van der Waals surface area contributed by atoms with Gasteiger partial charge in [0.1, 0.15) is 0 Å². The molecule has 2 aromatic heterocycles. The fourth-order valence-corrected chi connectivity index (χ4v) is 7.45. The topological polar surface area (TPSA) is 54.8 Å². The third-order valence-electron chi connectivity index (χ3n) is 10.1. The maximum Gasteiger partial charge on any atom is 0.164 e. The molecule has 0 fully saturated rings. The lowest BCUT2D eigenvalue weighted by Gasteiger charge is -2.25. The van der Waals surface area contributed by atoms with Crippen LogP contribution in [-0.4, -0.2) is 19.9 Å². The molecule has 0 spiro atoms. The normalized spacial score (nSPS) is 11.3. The summed E-state index contributed by atoms with van der Waals surface area (Å²) in [6.07, 6.45) is 0. The predicted molar refractivity (Wildman–Crippen MR) is 227 cm³/mol. The van der Waals surface area contributed by atoms with Crippen LogP contribution in [0.3, 0.4) is 0 Å². The van der Waals surface area contributed by atoms with Gasteiger partial charge in [0, 0.05) is 55.5 Å². The van der Waals surface area contributed by atoms with Crippen LogP contribution in [0, 0.1) is 0 Å². The Morgan fingerprint density at radius 3 is 1.38 bits per heavy atom. The zero-order valence-electron chi connectivity index (χ0n) is 29.8. The van der Waals surface area contributed by atoms with E-state index in [1.165, 1.54) is 5.39 Å². The van der Waals surface area contributed by atoms with Crippen molar-refractivity contribution in [2.24, 2.45) is 0 Å². The minimum atomic E-state index is 0.634. The van der Waals surface area contributed by atoms with Crippen molar-refractivity contribution in [2.45, 2.75) is 0 Å². The molecule has 0 atom stereocenters. The van der Waals surface area contributed by atoms with Crippen LogP contribution in [-0.2, 0) is 0 Å². The number of nitrogens with zero attached hydrogens (tertiary/aromatic N) is 5. The Balaban J connectivity index is 1.10. The molecule has 10 rings (SSSR count). The molecule has 0 aliphatic heterocycles. The van der Waals surface area contributed by atoms with Crippen LogP contribution in [0.2, 0.25) is 0 Å². The smallest absolute Gasteiger partial charge is 0.164 e. The number of hydrogen-bond acceptors (Lipinski definition) is 5. The van der Waals surface area contributed by atoms with Crippen LogP contribution >= 0.6 is 0 Å². The van der Waals surface area contributed by atoms with Gasteiger partial charge >= 0.3 is 0 Å². The summed E-state index contributed by atoms with van der Waals surface area (Å²) in [5.74, 6) is 1.92. The van der Waals surface area contributed by atoms with E-state index < -0.39 is 0 Å². The second kappa shape index (κ2) is 13.8. The fraction of sp³-hybridized carbons (Fsp3) is 0. The predicted octanol–water partition coefficient (Wildman–Crippen LogP) is 12.9. The lowest BCUT2D eigenvalue weighted by molar-refractivity contribution is 1.07. The molecule has 0 bridgehead atoms. The lowest BCUT2D eigenvalue weighted by atomic mass is 9.94. The molecule has 5 heteroatoms. The fourth-order valence-electron chi connectivity index (χ4n) is 7.45. The first-order chi connectivity index (χ1) is 27.3. The van der Waals surface area contributed by atoms with Crippen LogP contribution in [0.25, 0.3) is 77.9 Å². The SMILES string of the molecule is c1ccc(-c2nc(-c3ccccc3)nc(-c3ccc4c(ccc5c(-c6ccc(N(c7ccccc7)c7ccccc7)cc6)nc6ccccc6c54)c3)n2)cc1. The highest BCUT2D eigenvalue weighted by molar-refractivity contribution is 6.22. The van der Waals surface area contributed by atoms with Gasteiger partial charge in [-0.3, -0.25) is 0 Å². The van der Waals surface area contributed by atoms with Gasteiger partial charge in [-0.2, -0.15) is 0 Å². The molecule has 0 N–H and O–H groups in total. The second-order valence-corrected chi connectivity index (χ2v) is 13.5. The van der Waals surface area contributed by atoms with E-state index in [-0.39, 0.29) is 0 Å². The number of hydrogen-bond donors (Lipinski definition) is 0. The Labute approximate surface area is 318 Å². The summed E-state index contributed by atoms with van der Waals surface area (Å²) in [5.41, 5.74) is 9.08. The number of pyridine rings is 1. The maximum atomic E-state index is 5.27. The van der Waals surface area contributed by atoms with Crippen molar-refractivity contribution in [1.29, 1.82) is 0 Å². The van der Waals surface area contributed by atoms with Gasteiger partial charge in [0.15, 0.2) is 17.5 Å². The Morgan fingerprint density at radius 2 is 0.782 bits per heavy atom. The van der Waals surface area contributed by atoms with E-state index in [0.717, 1.165) is 72.1 Å². The molecular formula is C50H33N5. The Morgan fingerprint density at radius 1 is 0.309 bits per heavy atom. The lowest BCUT2D eigenvalue weighted by Crippen LogP contribution is -2.09. The van der Waals surface area contributed by atoms with Gasteiger partial charge in [-0.15, -0.1) is 0 Å². The highest BCUT2D eigenvalue weighted by Crippen LogP contribution is 2.40. The van der Waals surface area contributed by atoms with Crippen LogP contribution in [0.4, 0.5) is 17.1 Å². The zero-order valence-corrected chi connectivity index (χ0v) is 29.8. The van der Waals surface area contributed by atoms with E-state index >= 15 is 0 Å². The highest BCUT2D eigenvalue weighted by atomic mass is 15.1. The average Bonchev–Trinajstić information content (AvgIpc) is 3.27. The third-order valence-corrected chi connectivity index (χ3v) is 10.1. The molecule has 10 aromatic rings. The van der Waals surface area contributed by atoms with E-state index in [1.807, 2.05) is 72.8 Å². The number of benzene rings is 8. The first kappa shape index (κ1) is 32.2. The molecule has 2 heterocycles. The molecule has 0 saturated carbocycles. The molecule has 55 heavy (non-hydrogen) atoms. The number of aromatic nitrogens is 4. The quantitative estimate of drug-likeness (QED) is 0.155. The van der Waals surface area contributed by atoms with Crippen molar-refractivity contribution in [3.63, 3.8) is 0 Å². The largest absolute Gasteiger partial charge is 0.311 e. The van der Waals surface area contributed by atoms with Crippen molar-refractivity contribution >= 4 is 49.5 Å². The third kappa shape index (κ3) is 6.04. The Bertz CT molecular complexity index is 2850. The average molecular weight is 704 g/mol. The van der Waals surface area contributed by atoms with Gasteiger partial charge in [0.05, 0.1) is 11.2 Å². The molecule has 0 radical (unpaired) electrons. The van der Waals surface area contributed by atoms with E-state index in [9.17, 15) is 0 Å². The summed E-state index contributed by atoms with van der Waals surface area (Å²) in [7, 11) is 0. The Hall–Kier alpha value is -7.50. The van der Waals surface area contributed by atoms with Gasteiger partial charge in [0.2, 0.25) is 0 Å². The molecule has 0 saturated heterocycles. The van der Waals surface area contributed by atoms with E-state index in [1.54, 1.807) is 0 Å². The number of rotatable bonds is 7. The van der Waals surface area contributed by atoms with Gasteiger partial charge in [-0.05, 0) is 59.3 Å². The van der Waals surface area contributed by atoms with Crippen LogP contribution in [0.15, 0.2) is 200 Å². The van der Waals surface area contributed by atoms with Crippen LogP contribution in [0.5, 0.6) is 0 Å². The minimum Gasteiger partial charge on any atom is -0.311 e. The molecule has 0 unspecified atom stereocenters. The summed E-state index contributed by atoms with van der Waals surface area (Å²) in [4.78, 5) is 22.4. The summed E-state index contributed by atoms with van der Waals surface area (Å²) < 4.78 is 0. The van der Waals surface area contributed by atoms with Gasteiger partial charge in [0.25, 0.3) is 0 Å². The van der Waals surface area contributed by atoms with Gasteiger partial charge < -0.3 is 4.90 Å². The monoisotopic (exact) mass is 703 g/mol. The summed E-state index contributed by atoms with van der Waals surface area (Å²) >= 11 is 0. The summed E-state index contributed by atoms with van der Waals surface area (Å²) in [6, 6.07) is 69.3. The van der Waals surface area contributed by atoms with Crippen molar-refractivity contribution in [3.05, 3.63) is 200 Å². The zero-order chi connectivity index (χ0) is 36.6. The molecule has 8 aromatic carbocycles. The van der Waals surface area contributed by atoms with E-state index in [4.69, 9.17) is 19.9 Å². The highest BCUT2D eigenvalue weighted by Gasteiger charge is 2.17. The summed E-state index contributed by atoms with van der Waals surface area (Å²) in [5, 5.41) is 5.65. The maximum absolute atomic E-state index is 5.27. The van der Waals surface area contributed by atoms with Crippen LogP contribution < -0.4 is 4.90 Å². The first-order valence-corrected chi connectivity index (χ1v) is 18.4. The van der Waals surface area contributed by atoms with Crippen molar-refractivity contribution in [2.75, 3.05) is 4.90 Å². The van der Waals surface area contributed by atoms with E-state index in [0.29, 0.717) is 17.5 Å². The van der Waals surface area contributed by atoms with Crippen molar-refractivity contribution in [3.8, 4) is 45.4 Å². The molecule has 0 amide bonds. The van der Waals surface area contributed by atoms with Crippen molar-refractivity contribution in [1.82, 2.24) is 19.9 Å². The second-order valence-electron chi connectivity index (χ2n) is 13.5. The van der Waals surface area contributed by atoms with Gasteiger partial charge in [-0.1, -0.05) is 152 Å². The summed E-state index contributed by atoms with van der Waals surface area (Å²) in [6.45, 7) is 0. The van der Waals surface area contributed by atoms with Crippen LogP contribution in [0.1, 0.15) is 0 Å². The first-order valence-electron chi connectivity index (χ1n) is 18.4. The molecule has 5 nitrogen and oxygen atoms in total. The van der Waals surface area contributed by atoms with Crippen molar-refractivity contribution < 1.29 is 0 Å². The minimum absolute atomic E-state index is 0.634. The number of para-hydroxylation sites is 3. The number of anilines is 3. The Kier molecular flexibility index (Phi) is 8.08. The molecular weight excluding hydrogens is 671 g/mol. The molecule has 258 valence electrons. The molecule has 0 aliphatic rings.